The van der Waals surface area contributed by atoms with E-state index in [2.05, 4.69) is 10.4 Å². The zero-order chi connectivity index (χ0) is 16.4. The maximum absolute atomic E-state index is 12.4. The fraction of sp³-hybridized carbons (Fsp3) is 0.312. The maximum atomic E-state index is 12.4. The molecule has 1 aromatic heterocycles. The molecule has 0 radical (unpaired) electrons. The minimum atomic E-state index is -0.438. The molecule has 1 aliphatic carbocycles. The number of nitrogens with two attached hydrogens (primary N) is 1. The van der Waals surface area contributed by atoms with E-state index >= 15 is 0 Å². The molecule has 7 heteroatoms. The van der Waals surface area contributed by atoms with Crippen molar-refractivity contribution in [3.05, 3.63) is 52.3 Å². The Labute approximate surface area is 138 Å². The van der Waals surface area contributed by atoms with Crippen LogP contribution in [0.5, 0.6) is 0 Å². The Kier molecular flexibility index (Phi) is 4.34. The third kappa shape index (κ3) is 3.53. The van der Waals surface area contributed by atoms with Crippen LogP contribution >= 0.6 is 11.6 Å². The lowest BCUT2D eigenvalue weighted by Crippen LogP contribution is -2.31. The highest BCUT2D eigenvalue weighted by Gasteiger charge is 2.25. The predicted molar refractivity (Wildman–Crippen MR) is 86.0 cm³/mol. The Morgan fingerprint density at radius 1 is 1.35 bits per heavy atom. The van der Waals surface area contributed by atoms with E-state index in [-0.39, 0.29) is 18.5 Å². The standard InChI is InChI=1S/C16H17ClN4O2/c17-12-6-4-10(5-7-12)16(23)19-13-3-1-2-11-8-21(9-14(18)22)20-15(11)13/h4-8,13H,1-3,9H2,(H2,18,22)(H,19,23)/t13-/m1/s1. The van der Waals surface area contributed by atoms with Gasteiger partial charge in [-0.05, 0) is 49.1 Å². The topological polar surface area (TPSA) is 90.0 Å². The van der Waals surface area contributed by atoms with Gasteiger partial charge in [0.1, 0.15) is 6.54 Å². The number of fused-ring (bicyclic) bond motifs is 1. The van der Waals surface area contributed by atoms with E-state index in [1.54, 1.807) is 28.9 Å². The molecule has 0 spiro atoms. The summed E-state index contributed by atoms with van der Waals surface area (Å²) in [5.41, 5.74) is 7.63. The van der Waals surface area contributed by atoms with Crippen LogP contribution in [0.3, 0.4) is 0 Å². The van der Waals surface area contributed by atoms with Gasteiger partial charge in [-0.15, -0.1) is 0 Å². The Bertz CT molecular complexity index is 739. The van der Waals surface area contributed by atoms with Gasteiger partial charge in [-0.1, -0.05) is 11.6 Å². The van der Waals surface area contributed by atoms with E-state index in [1.807, 2.05) is 6.20 Å². The number of hydrogen-bond acceptors (Lipinski definition) is 3. The largest absolute Gasteiger partial charge is 0.368 e. The molecule has 1 aromatic carbocycles. The van der Waals surface area contributed by atoms with Gasteiger partial charge in [0.15, 0.2) is 0 Å². The number of halogens is 1. The number of carbonyl (C=O) groups excluding carboxylic acids is 2. The van der Waals surface area contributed by atoms with Crippen molar-refractivity contribution in [2.24, 2.45) is 5.73 Å². The SMILES string of the molecule is NC(=O)Cn1cc2c(n1)[C@H](NC(=O)c1ccc(Cl)cc1)CCC2. The van der Waals surface area contributed by atoms with Gasteiger partial charge in [0.2, 0.25) is 5.91 Å². The molecule has 120 valence electrons. The fourth-order valence-corrected chi connectivity index (χ4v) is 2.95. The van der Waals surface area contributed by atoms with E-state index in [9.17, 15) is 9.59 Å². The lowest BCUT2D eigenvalue weighted by molar-refractivity contribution is -0.118. The van der Waals surface area contributed by atoms with Gasteiger partial charge in [-0.25, -0.2) is 0 Å². The molecule has 0 aliphatic heterocycles. The Balaban J connectivity index is 1.77. The number of amides is 2. The van der Waals surface area contributed by atoms with E-state index in [4.69, 9.17) is 17.3 Å². The fourth-order valence-electron chi connectivity index (χ4n) is 2.82. The predicted octanol–water partition coefficient (Wildman–Crippen LogP) is 1.83. The number of rotatable bonds is 4. The van der Waals surface area contributed by atoms with Crippen LogP contribution in [0, 0.1) is 0 Å². The molecule has 0 bridgehead atoms. The van der Waals surface area contributed by atoms with Crippen molar-refractivity contribution in [3.63, 3.8) is 0 Å². The smallest absolute Gasteiger partial charge is 0.251 e. The van der Waals surface area contributed by atoms with Gasteiger partial charge in [0.05, 0.1) is 11.7 Å². The summed E-state index contributed by atoms with van der Waals surface area (Å²) in [6.07, 6.45) is 4.50. The zero-order valence-electron chi connectivity index (χ0n) is 12.5. The highest BCUT2D eigenvalue weighted by Crippen LogP contribution is 2.28. The van der Waals surface area contributed by atoms with Crippen LogP contribution in [0.15, 0.2) is 30.5 Å². The number of aryl methyl sites for hydroxylation is 1. The number of primary amides is 1. The molecule has 6 nitrogen and oxygen atoms in total. The number of carbonyl (C=O) groups is 2. The van der Waals surface area contributed by atoms with Crippen LogP contribution in [-0.4, -0.2) is 21.6 Å². The summed E-state index contributed by atoms with van der Waals surface area (Å²) in [5.74, 6) is -0.601. The summed E-state index contributed by atoms with van der Waals surface area (Å²) in [4.78, 5) is 23.4. The van der Waals surface area contributed by atoms with E-state index in [1.165, 1.54) is 0 Å². The molecule has 0 unspecified atom stereocenters. The Hall–Kier alpha value is -2.34. The van der Waals surface area contributed by atoms with Crippen molar-refractivity contribution in [3.8, 4) is 0 Å². The summed E-state index contributed by atoms with van der Waals surface area (Å²) in [5, 5.41) is 8.01. The molecular formula is C16H17ClN4O2. The second-order valence-electron chi connectivity index (χ2n) is 5.63. The normalized spacial score (nSPS) is 16.7. The number of aromatic nitrogens is 2. The first kappa shape index (κ1) is 15.6. The van der Waals surface area contributed by atoms with Gasteiger partial charge in [-0.2, -0.15) is 5.10 Å². The van der Waals surface area contributed by atoms with Gasteiger partial charge < -0.3 is 11.1 Å². The molecule has 3 rings (SSSR count). The molecule has 0 fully saturated rings. The second kappa shape index (κ2) is 6.42. The van der Waals surface area contributed by atoms with Crippen LogP contribution in [0.2, 0.25) is 5.02 Å². The monoisotopic (exact) mass is 332 g/mol. The molecule has 0 saturated carbocycles. The average molecular weight is 333 g/mol. The van der Waals surface area contributed by atoms with Gasteiger partial charge in [0, 0.05) is 16.8 Å². The summed E-state index contributed by atoms with van der Waals surface area (Å²) in [7, 11) is 0. The Morgan fingerprint density at radius 3 is 2.78 bits per heavy atom. The van der Waals surface area contributed by atoms with Gasteiger partial charge in [0.25, 0.3) is 5.91 Å². The van der Waals surface area contributed by atoms with Crippen LogP contribution in [0.25, 0.3) is 0 Å². The molecule has 1 aliphatic rings. The average Bonchev–Trinajstić information content (AvgIpc) is 2.90. The molecule has 0 saturated heterocycles. The van der Waals surface area contributed by atoms with Crippen molar-refractivity contribution in [1.82, 2.24) is 15.1 Å². The van der Waals surface area contributed by atoms with Crippen LogP contribution in [0.4, 0.5) is 0 Å². The highest BCUT2D eigenvalue weighted by molar-refractivity contribution is 6.30. The van der Waals surface area contributed by atoms with Crippen molar-refractivity contribution in [2.45, 2.75) is 31.8 Å². The minimum absolute atomic E-state index is 0.0465. The van der Waals surface area contributed by atoms with E-state index in [0.717, 1.165) is 30.5 Å². The first-order valence-electron chi connectivity index (χ1n) is 7.44. The molecule has 1 atom stereocenters. The second-order valence-corrected chi connectivity index (χ2v) is 6.07. The maximum Gasteiger partial charge on any atom is 0.251 e. The zero-order valence-corrected chi connectivity index (χ0v) is 13.2. The molecule has 1 heterocycles. The first-order valence-corrected chi connectivity index (χ1v) is 7.81. The lowest BCUT2D eigenvalue weighted by atomic mass is 9.93. The summed E-state index contributed by atoms with van der Waals surface area (Å²) < 4.78 is 1.54. The third-order valence-electron chi connectivity index (χ3n) is 3.87. The molecule has 2 aromatic rings. The van der Waals surface area contributed by atoms with E-state index in [0.29, 0.717) is 10.6 Å². The van der Waals surface area contributed by atoms with Gasteiger partial charge >= 0.3 is 0 Å². The van der Waals surface area contributed by atoms with Crippen molar-refractivity contribution < 1.29 is 9.59 Å². The number of nitrogens with zero attached hydrogens (tertiary/aromatic N) is 2. The number of hydrogen-bond donors (Lipinski definition) is 2. The molecule has 23 heavy (non-hydrogen) atoms. The van der Waals surface area contributed by atoms with Crippen LogP contribution in [-0.2, 0) is 17.8 Å². The van der Waals surface area contributed by atoms with Crippen molar-refractivity contribution in [1.29, 1.82) is 0 Å². The van der Waals surface area contributed by atoms with Crippen LogP contribution < -0.4 is 11.1 Å². The van der Waals surface area contributed by atoms with Crippen LogP contribution in [0.1, 0.15) is 40.5 Å². The lowest BCUT2D eigenvalue weighted by Gasteiger charge is -2.22. The Morgan fingerprint density at radius 2 is 2.09 bits per heavy atom. The summed E-state index contributed by atoms with van der Waals surface area (Å²) in [6, 6.07) is 6.59. The summed E-state index contributed by atoms with van der Waals surface area (Å²) >= 11 is 5.84. The number of nitrogens with one attached hydrogen (secondary N) is 1. The molecular weight excluding hydrogens is 316 g/mol. The highest BCUT2D eigenvalue weighted by atomic mass is 35.5. The summed E-state index contributed by atoms with van der Waals surface area (Å²) in [6.45, 7) is 0.0465. The van der Waals surface area contributed by atoms with Crippen molar-refractivity contribution in [2.75, 3.05) is 0 Å². The minimum Gasteiger partial charge on any atom is -0.368 e. The molecule has 2 amide bonds. The van der Waals surface area contributed by atoms with Gasteiger partial charge in [-0.3, -0.25) is 14.3 Å². The quantitative estimate of drug-likeness (QED) is 0.895. The first-order chi connectivity index (χ1) is 11.0. The van der Waals surface area contributed by atoms with Crippen molar-refractivity contribution >= 4 is 23.4 Å². The number of benzene rings is 1. The molecule has 3 N–H and O–H groups in total. The third-order valence-corrected chi connectivity index (χ3v) is 4.12. The van der Waals surface area contributed by atoms with E-state index < -0.39 is 5.91 Å².